The normalized spacial score (nSPS) is 13.2. The van der Waals surface area contributed by atoms with Crippen molar-refractivity contribution in [3.05, 3.63) is 75.8 Å². The molecule has 3 aromatic rings. The quantitative estimate of drug-likeness (QED) is 0.661. The Bertz CT molecular complexity index is 766. The van der Waals surface area contributed by atoms with Gasteiger partial charge in [0.25, 0.3) is 5.91 Å². The van der Waals surface area contributed by atoms with E-state index in [-0.39, 0.29) is 19.1 Å². The summed E-state index contributed by atoms with van der Waals surface area (Å²) in [5, 5.41) is 16.2. The Kier molecular flexibility index (Phi) is 5.43. The number of benzene rings is 1. The van der Waals surface area contributed by atoms with E-state index in [1.165, 1.54) is 17.6 Å². The monoisotopic (exact) mass is 377 g/mol. The number of halogens is 1. The van der Waals surface area contributed by atoms with Crippen molar-refractivity contribution in [1.29, 1.82) is 0 Å². The highest BCUT2D eigenvalue weighted by molar-refractivity contribution is 7.10. The van der Waals surface area contributed by atoms with Crippen LogP contribution in [0.2, 0.25) is 5.02 Å². The average molecular weight is 378 g/mol. The Morgan fingerprint density at radius 3 is 2.68 bits per heavy atom. The van der Waals surface area contributed by atoms with E-state index in [0.717, 1.165) is 0 Å². The smallest absolute Gasteiger partial charge is 0.258 e. The molecule has 0 spiro atoms. The van der Waals surface area contributed by atoms with Gasteiger partial charge < -0.3 is 19.6 Å². The molecular weight excluding hydrogens is 362 g/mol. The Morgan fingerprint density at radius 1 is 1.24 bits per heavy atom. The zero-order valence-corrected chi connectivity index (χ0v) is 14.7. The lowest BCUT2D eigenvalue weighted by atomic mass is 9.98. The zero-order chi connectivity index (χ0) is 17.7. The second-order valence-electron chi connectivity index (χ2n) is 5.33. The standard InChI is InChI=1S/C18H16ClNO4S/c19-13-5-7-14(8-6-13)24-11-17(21)20-12-18(22,15-3-1-9-23-15)16-4-2-10-25-16/h1-10,22H,11-12H2,(H,20,21). The molecular formula is C18H16ClNO4S. The van der Waals surface area contributed by atoms with Crippen molar-refractivity contribution >= 4 is 28.8 Å². The topological polar surface area (TPSA) is 71.7 Å². The molecule has 3 rings (SSSR count). The summed E-state index contributed by atoms with van der Waals surface area (Å²) in [5.41, 5.74) is -1.42. The Labute approximate surface area is 153 Å². The van der Waals surface area contributed by atoms with Crippen LogP contribution in [0.5, 0.6) is 5.75 Å². The largest absolute Gasteiger partial charge is 0.484 e. The lowest BCUT2D eigenvalue weighted by Crippen LogP contribution is -2.42. The van der Waals surface area contributed by atoms with Crippen LogP contribution >= 0.6 is 22.9 Å². The molecule has 2 heterocycles. The number of rotatable bonds is 7. The van der Waals surface area contributed by atoms with Crippen LogP contribution in [0.4, 0.5) is 0 Å². The van der Waals surface area contributed by atoms with Gasteiger partial charge in [0.15, 0.2) is 12.2 Å². The lowest BCUT2D eigenvalue weighted by Gasteiger charge is -2.25. The minimum Gasteiger partial charge on any atom is -0.484 e. The molecule has 1 unspecified atom stereocenters. The van der Waals surface area contributed by atoms with Gasteiger partial charge in [0.2, 0.25) is 0 Å². The van der Waals surface area contributed by atoms with E-state index in [2.05, 4.69) is 5.32 Å². The number of hydrogen-bond donors (Lipinski definition) is 2. The van der Waals surface area contributed by atoms with E-state index >= 15 is 0 Å². The van der Waals surface area contributed by atoms with Crippen molar-refractivity contribution in [1.82, 2.24) is 5.32 Å². The van der Waals surface area contributed by atoms with Crippen LogP contribution < -0.4 is 10.1 Å². The van der Waals surface area contributed by atoms with Crippen LogP contribution in [-0.4, -0.2) is 24.2 Å². The Hall–Kier alpha value is -2.28. The highest BCUT2D eigenvalue weighted by Gasteiger charge is 2.36. The molecule has 7 heteroatoms. The van der Waals surface area contributed by atoms with Crippen molar-refractivity contribution in [3.8, 4) is 5.75 Å². The fraction of sp³-hybridized carbons (Fsp3) is 0.167. The molecule has 0 aliphatic heterocycles. The van der Waals surface area contributed by atoms with E-state index < -0.39 is 5.60 Å². The van der Waals surface area contributed by atoms with Crippen LogP contribution in [0.15, 0.2) is 64.6 Å². The fourth-order valence-corrected chi connectivity index (χ4v) is 3.24. The molecule has 0 saturated heterocycles. The van der Waals surface area contributed by atoms with Crippen molar-refractivity contribution in [2.45, 2.75) is 5.60 Å². The molecule has 0 bridgehead atoms. The molecule has 2 aromatic heterocycles. The van der Waals surface area contributed by atoms with E-state index in [0.29, 0.717) is 21.4 Å². The van der Waals surface area contributed by atoms with Crippen LogP contribution in [0, 0.1) is 0 Å². The van der Waals surface area contributed by atoms with Gasteiger partial charge in [0, 0.05) is 9.90 Å². The second-order valence-corrected chi connectivity index (χ2v) is 6.72. The predicted octanol–water partition coefficient (Wildman–Crippen LogP) is 3.43. The summed E-state index contributed by atoms with van der Waals surface area (Å²) in [6.45, 7) is -0.190. The molecule has 0 radical (unpaired) electrons. The maximum atomic E-state index is 12.1. The van der Waals surface area contributed by atoms with Crippen molar-refractivity contribution in [3.63, 3.8) is 0 Å². The first-order valence-corrected chi connectivity index (χ1v) is 8.79. The molecule has 0 saturated carbocycles. The van der Waals surface area contributed by atoms with Crippen molar-refractivity contribution < 1.29 is 19.1 Å². The Balaban J connectivity index is 1.61. The van der Waals surface area contributed by atoms with Crippen LogP contribution in [0.25, 0.3) is 0 Å². The number of aliphatic hydroxyl groups is 1. The molecule has 5 nitrogen and oxygen atoms in total. The number of furan rings is 1. The third-order valence-corrected chi connectivity index (χ3v) is 4.86. The minimum absolute atomic E-state index is 0.0240. The summed E-state index contributed by atoms with van der Waals surface area (Å²) < 4.78 is 10.8. The molecule has 2 N–H and O–H groups in total. The van der Waals surface area contributed by atoms with E-state index in [1.54, 1.807) is 42.5 Å². The lowest BCUT2D eigenvalue weighted by molar-refractivity contribution is -0.124. The number of amides is 1. The van der Waals surface area contributed by atoms with Gasteiger partial charge in [0.1, 0.15) is 11.5 Å². The van der Waals surface area contributed by atoms with Gasteiger partial charge in [-0.2, -0.15) is 0 Å². The number of carbonyl (C=O) groups excluding carboxylic acids is 1. The molecule has 1 aromatic carbocycles. The van der Waals surface area contributed by atoms with Crippen LogP contribution in [0.1, 0.15) is 10.6 Å². The van der Waals surface area contributed by atoms with Crippen molar-refractivity contribution in [2.75, 3.05) is 13.2 Å². The molecule has 0 aliphatic rings. The van der Waals surface area contributed by atoms with E-state index in [9.17, 15) is 9.90 Å². The fourth-order valence-electron chi connectivity index (χ4n) is 2.28. The van der Waals surface area contributed by atoms with E-state index in [1.807, 2.05) is 11.4 Å². The van der Waals surface area contributed by atoms with Gasteiger partial charge in [0.05, 0.1) is 12.8 Å². The second kappa shape index (κ2) is 7.74. The molecule has 0 aliphatic carbocycles. The summed E-state index contributed by atoms with van der Waals surface area (Å²) >= 11 is 7.19. The van der Waals surface area contributed by atoms with Crippen molar-refractivity contribution in [2.24, 2.45) is 0 Å². The summed E-state index contributed by atoms with van der Waals surface area (Å²) in [6, 6.07) is 13.7. The molecule has 130 valence electrons. The number of carbonyl (C=O) groups is 1. The number of ether oxygens (including phenoxy) is 1. The first-order valence-electron chi connectivity index (χ1n) is 7.53. The van der Waals surface area contributed by atoms with Gasteiger partial charge in [-0.3, -0.25) is 4.79 Å². The summed E-state index contributed by atoms with van der Waals surface area (Å²) in [6.07, 6.45) is 1.49. The summed E-state index contributed by atoms with van der Waals surface area (Å²) in [4.78, 5) is 12.8. The predicted molar refractivity (Wildman–Crippen MR) is 96.0 cm³/mol. The molecule has 25 heavy (non-hydrogen) atoms. The maximum absolute atomic E-state index is 12.1. The van der Waals surface area contributed by atoms with Gasteiger partial charge in [-0.05, 0) is 47.8 Å². The number of nitrogens with one attached hydrogen (secondary N) is 1. The molecule has 1 atom stereocenters. The third-order valence-electron chi connectivity index (χ3n) is 3.58. The molecule has 0 fully saturated rings. The Morgan fingerprint density at radius 2 is 2.04 bits per heavy atom. The number of hydrogen-bond acceptors (Lipinski definition) is 5. The average Bonchev–Trinajstić information content (AvgIpc) is 3.33. The van der Waals surface area contributed by atoms with Gasteiger partial charge in [-0.1, -0.05) is 17.7 Å². The first-order chi connectivity index (χ1) is 12.1. The van der Waals surface area contributed by atoms with Gasteiger partial charge in [-0.15, -0.1) is 11.3 Å². The highest BCUT2D eigenvalue weighted by atomic mass is 35.5. The van der Waals surface area contributed by atoms with E-state index in [4.69, 9.17) is 20.8 Å². The summed E-state index contributed by atoms with van der Waals surface area (Å²) in [5.74, 6) is 0.560. The SMILES string of the molecule is O=C(COc1ccc(Cl)cc1)NCC(O)(c1ccco1)c1cccs1. The highest BCUT2D eigenvalue weighted by Crippen LogP contribution is 2.32. The first kappa shape index (κ1) is 17.5. The summed E-state index contributed by atoms with van der Waals surface area (Å²) in [7, 11) is 0. The minimum atomic E-state index is -1.42. The molecule has 1 amide bonds. The maximum Gasteiger partial charge on any atom is 0.258 e. The zero-order valence-electron chi connectivity index (χ0n) is 13.1. The van der Waals surface area contributed by atoms with Gasteiger partial charge in [-0.25, -0.2) is 0 Å². The van der Waals surface area contributed by atoms with Crippen LogP contribution in [0.3, 0.4) is 0 Å². The third kappa shape index (κ3) is 4.22. The van der Waals surface area contributed by atoms with Crippen LogP contribution in [-0.2, 0) is 10.4 Å². The number of thiophene rings is 1. The van der Waals surface area contributed by atoms with Gasteiger partial charge >= 0.3 is 0 Å².